The Morgan fingerprint density at radius 3 is 2.42 bits per heavy atom. The molecule has 0 bridgehead atoms. The highest BCUT2D eigenvalue weighted by molar-refractivity contribution is 7.19. The molecular weight excluding hydrogens is 480 g/mol. The summed E-state index contributed by atoms with van der Waals surface area (Å²) in [4.78, 5) is 36.6. The molecule has 1 aromatic carbocycles. The number of hydrogen-bond donors (Lipinski definition) is 1. The van der Waals surface area contributed by atoms with Gasteiger partial charge in [-0.05, 0) is 41.6 Å². The Morgan fingerprint density at radius 1 is 1.06 bits per heavy atom. The number of imide groups is 1. The number of hydrogen-bond acceptors (Lipinski definition) is 8. The van der Waals surface area contributed by atoms with E-state index in [1.807, 2.05) is 48.7 Å². The average Bonchev–Trinajstić information content (AvgIpc) is 3.51. The second-order valence-corrected chi connectivity index (χ2v) is 9.22. The molecule has 1 aliphatic heterocycles. The Balaban J connectivity index is 0.00000259. The molecule has 33 heavy (non-hydrogen) atoms. The van der Waals surface area contributed by atoms with Crippen molar-refractivity contribution in [2.24, 2.45) is 0 Å². The zero-order valence-electron chi connectivity index (χ0n) is 17.7. The maximum absolute atomic E-state index is 12.1. The molecule has 0 saturated heterocycles. The molecule has 2 amide bonds. The van der Waals surface area contributed by atoms with Crippen LogP contribution >= 0.6 is 35.1 Å². The van der Waals surface area contributed by atoms with Crippen LogP contribution in [0.1, 0.15) is 16.0 Å². The molecule has 0 radical (unpaired) electrons. The van der Waals surface area contributed by atoms with E-state index < -0.39 is 11.8 Å². The molecule has 168 valence electrons. The standard InChI is InChI=1S/C23H18N4O3S2.ClH/c1-13-17(12-14-5-7-15(30-2)8-6-14)32-23-20(13)22(26-27-18(28)9-10-19(27)29)24-21(25-23)16-4-3-11-31-16;/h3-11H,12H2,1-2H3,(H,24,25,26);1H. The molecule has 4 heterocycles. The summed E-state index contributed by atoms with van der Waals surface area (Å²) >= 11 is 3.13. The third-order valence-electron chi connectivity index (χ3n) is 5.18. The number of thiophene rings is 2. The molecule has 0 saturated carbocycles. The van der Waals surface area contributed by atoms with Crippen molar-refractivity contribution in [1.29, 1.82) is 0 Å². The Bertz CT molecular complexity index is 1350. The number of halogens is 1. The molecule has 10 heteroatoms. The fourth-order valence-corrected chi connectivity index (χ4v) is 5.36. The molecule has 0 atom stereocenters. The van der Waals surface area contributed by atoms with Crippen LogP contribution in [-0.2, 0) is 16.0 Å². The van der Waals surface area contributed by atoms with Crippen LogP contribution in [0.15, 0.2) is 53.9 Å². The molecule has 1 aliphatic rings. The minimum Gasteiger partial charge on any atom is -0.497 e. The smallest absolute Gasteiger partial charge is 0.272 e. The first kappa shape index (κ1) is 22.9. The van der Waals surface area contributed by atoms with Crippen molar-refractivity contribution in [3.05, 3.63) is 69.9 Å². The van der Waals surface area contributed by atoms with Gasteiger partial charge in [-0.1, -0.05) is 18.2 Å². The largest absolute Gasteiger partial charge is 0.497 e. The van der Waals surface area contributed by atoms with E-state index >= 15 is 0 Å². The normalized spacial score (nSPS) is 13.0. The SMILES string of the molecule is COc1ccc(Cc2sc3nc(-c4cccs4)nc(NN4C(=O)C=CC4=O)c3c2C)cc1.Cl. The highest BCUT2D eigenvalue weighted by Crippen LogP contribution is 2.37. The van der Waals surface area contributed by atoms with Crippen LogP contribution in [0.5, 0.6) is 5.75 Å². The van der Waals surface area contributed by atoms with Gasteiger partial charge in [0.25, 0.3) is 11.8 Å². The number of anilines is 1. The molecule has 4 aromatic rings. The summed E-state index contributed by atoms with van der Waals surface area (Å²) in [5.74, 6) is 0.961. The van der Waals surface area contributed by atoms with Crippen LogP contribution in [0.25, 0.3) is 20.9 Å². The summed E-state index contributed by atoms with van der Waals surface area (Å²) in [6.07, 6.45) is 3.21. The summed E-state index contributed by atoms with van der Waals surface area (Å²) in [6, 6.07) is 11.8. The number of aromatic nitrogens is 2. The number of carbonyl (C=O) groups excluding carboxylic acids is 2. The van der Waals surface area contributed by atoms with Crippen LogP contribution in [0, 0.1) is 6.92 Å². The molecular formula is C23H19ClN4O3S2. The van der Waals surface area contributed by atoms with Crippen molar-refractivity contribution >= 4 is 62.9 Å². The van der Waals surface area contributed by atoms with Crippen LogP contribution in [0.2, 0.25) is 0 Å². The van der Waals surface area contributed by atoms with Crippen molar-refractivity contribution in [2.45, 2.75) is 13.3 Å². The van der Waals surface area contributed by atoms with Gasteiger partial charge in [-0.25, -0.2) is 9.97 Å². The number of nitrogens with one attached hydrogen (secondary N) is 1. The van der Waals surface area contributed by atoms with Gasteiger partial charge in [-0.3, -0.25) is 15.0 Å². The van der Waals surface area contributed by atoms with Gasteiger partial charge < -0.3 is 4.74 Å². The number of hydrazine groups is 1. The average molecular weight is 499 g/mol. The van der Waals surface area contributed by atoms with E-state index in [9.17, 15) is 9.59 Å². The van der Waals surface area contributed by atoms with E-state index in [1.54, 1.807) is 18.4 Å². The van der Waals surface area contributed by atoms with E-state index in [-0.39, 0.29) is 12.4 Å². The van der Waals surface area contributed by atoms with E-state index in [0.29, 0.717) is 11.6 Å². The number of rotatable bonds is 6. The Labute approximate surface area is 204 Å². The monoisotopic (exact) mass is 498 g/mol. The van der Waals surface area contributed by atoms with Crippen molar-refractivity contribution in [2.75, 3.05) is 12.5 Å². The van der Waals surface area contributed by atoms with Crippen LogP contribution in [-0.4, -0.2) is 33.9 Å². The number of methoxy groups -OCH3 is 1. The molecule has 0 spiro atoms. The van der Waals surface area contributed by atoms with Gasteiger partial charge in [0.2, 0.25) is 0 Å². The fraction of sp³-hybridized carbons (Fsp3) is 0.130. The van der Waals surface area contributed by atoms with Crippen molar-refractivity contribution in [1.82, 2.24) is 15.0 Å². The number of fused-ring (bicyclic) bond motifs is 1. The van der Waals surface area contributed by atoms with Crippen molar-refractivity contribution in [3.63, 3.8) is 0 Å². The van der Waals surface area contributed by atoms with E-state index in [1.165, 1.54) is 23.5 Å². The summed E-state index contributed by atoms with van der Waals surface area (Å²) in [5.41, 5.74) is 5.10. The van der Waals surface area contributed by atoms with E-state index in [0.717, 1.165) is 48.3 Å². The lowest BCUT2D eigenvalue weighted by atomic mass is 10.1. The zero-order chi connectivity index (χ0) is 22.2. The van der Waals surface area contributed by atoms with Gasteiger partial charge in [0.05, 0.1) is 17.4 Å². The minimum atomic E-state index is -0.425. The minimum absolute atomic E-state index is 0. The quantitative estimate of drug-likeness (QED) is 0.376. The van der Waals surface area contributed by atoms with Crippen molar-refractivity contribution in [3.8, 4) is 16.5 Å². The summed E-state index contributed by atoms with van der Waals surface area (Å²) in [5, 5.41) is 3.74. The summed E-state index contributed by atoms with van der Waals surface area (Å²) in [6.45, 7) is 2.02. The molecule has 3 aromatic heterocycles. The highest BCUT2D eigenvalue weighted by atomic mass is 35.5. The molecule has 0 fully saturated rings. The second kappa shape index (κ2) is 9.30. The number of carbonyl (C=O) groups is 2. The molecule has 0 aliphatic carbocycles. The summed E-state index contributed by atoms with van der Waals surface area (Å²) in [7, 11) is 1.65. The Morgan fingerprint density at radius 2 is 1.79 bits per heavy atom. The topological polar surface area (TPSA) is 84.4 Å². The van der Waals surface area contributed by atoms with E-state index in [2.05, 4.69) is 10.4 Å². The molecule has 0 unspecified atom stereocenters. The predicted molar refractivity (Wildman–Crippen MR) is 133 cm³/mol. The maximum atomic E-state index is 12.1. The number of aryl methyl sites for hydroxylation is 1. The lowest BCUT2D eigenvalue weighted by Gasteiger charge is -2.17. The van der Waals surface area contributed by atoms with Crippen LogP contribution < -0.4 is 10.2 Å². The number of ether oxygens (including phenoxy) is 1. The third kappa shape index (κ3) is 4.35. The van der Waals surface area contributed by atoms with Crippen LogP contribution in [0.3, 0.4) is 0 Å². The van der Waals surface area contributed by atoms with Gasteiger partial charge in [-0.2, -0.15) is 5.01 Å². The predicted octanol–water partition coefficient (Wildman–Crippen LogP) is 5.00. The Hall–Kier alpha value is -3.27. The van der Waals surface area contributed by atoms with Gasteiger partial charge in [-0.15, -0.1) is 35.1 Å². The molecule has 5 rings (SSSR count). The molecule has 1 N–H and O–H groups in total. The lowest BCUT2D eigenvalue weighted by molar-refractivity contribution is -0.135. The zero-order valence-corrected chi connectivity index (χ0v) is 20.1. The van der Waals surface area contributed by atoms with E-state index in [4.69, 9.17) is 9.72 Å². The first-order valence-corrected chi connectivity index (χ1v) is 11.5. The number of nitrogens with zero attached hydrogens (tertiary/aromatic N) is 3. The van der Waals surface area contributed by atoms with Gasteiger partial charge >= 0.3 is 0 Å². The highest BCUT2D eigenvalue weighted by Gasteiger charge is 2.26. The van der Waals surface area contributed by atoms with Gasteiger partial charge in [0.1, 0.15) is 10.6 Å². The second-order valence-electron chi connectivity index (χ2n) is 7.19. The lowest BCUT2D eigenvalue weighted by Crippen LogP contribution is -2.36. The maximum Gasteiger partial charge on any atom is 0.272 e. The van der Waals surface area contributed by atoms with Crippen molar-refractivity contribution < 1.29 is 14.3 Å². The van der Waals surface area contributed by atoms with Crippen LogP contribution in [0.4, 0.5) is 5.82 Å². The number of benzene rings is 1. The summed E-state index contributed by atoms with van der Waals surface area (Å²) < 4.78 is 5.25. The Kier molecular flexibility index (Phi) is 6.46. The third-order valence-corrected chi connectivity index (χ3v) is 7.23. The molecule has 7 nitrogen and oxygen atoms in total. The van der Waals surface area contributed by atoms with Gasteiger partial charge in [0, 0.05) is 23.5 Å². The fourth-order valence-electron chi connectivity index (χ4n) is 3.50. The first-order valence-electron chi connectivity index (χ1n) is 9.83. The number of amides is 2. The first-order chi connectivity index (χ1) is 15.5. The van der Waals surface area contributed by atoms with Gasteiger partial charge in [0.15, 0.2) is 11.6 Å².